The fourth-order valence-electron chi connectivity index (χ4n) is 2.25. The van der Waals surface area contributed by atoms with E-state index in [1.807, 2.05) is 0 Å². The second kappa shape index (κ2) is 5.91. The van der Waals surface area contributed by atoms with Crippen LogP contribution in [0.25, 0.3) is 0 Å². The molecule has 0 unspecified atom stereocenters. The predicted molar refractivity (Wildman–Crippen MR) is 76.6 cm³/mol. The molecular weight excluding hydrogens is 280 g/mol. The molecule has 0 radical (unpaired) electrons. The lowest BCUT2D eigenvalue weighted by atomic mass is 10.1. The molecular formula is C12H16N4O3S. The average Bonchev–Trinajstić information content (AvgIpc) is 2.97. The van der Waals surface area contributed by atoms with Gasteiger partial charge in [0.25, 0.3) is 5.91 Å². The van der Waals surface area contributed by atoms with E-state index in [1.165, 1.54) is 6.07 Å². The van der Waals surface area contributed by atoms with Crippen LogP contribution in [0.1, 0.15) is 36.0 Å². The Bertz CT molecular complexity index is 549. The highest BCUT2D eigenvalue weighted by Crippen LogP contribution is 2.33. The van der Waals surface area contributed by atoms with Crippen LogP contribution in [0.15, 0.2) is 6.07 Å². The standard InChI is InChI=1S/C12H16N4O3S/c13-9(17)7-5-8(20-11(7)16-12(14)19)15-10(18)6-3-1-2-4-6/h5-6H,1-4H2,(H2,13,17)(H,15,18)(H3,14,16,19). The molecule has 1 aromatic rings. The number of hydrogen-bond donors (Lipinski definition) is 4. The molecule has 0 saturated heterocycles. The molecule has 1 heterocycles. The minimum absolute atomic E-state index is 0.0154. The first kappa shape index (κ1) is 14.3. The highest BCUT2D eigenvalue weighted by atomic mass is 32.1. The SMILES string of the molecule is NC(=O)Nc1sc(NC(=O)C2CCCC2)cc1C(N)=O. The van der Waals surface area contributed by atoms with Crippen molar-refractivity contribution in [3.63, 3.8) is 0 Å². The second-order valence-corrected chi connectivity index (χ2v) is 5.73. The lowest BCUT2D eigenvalue weighted by molar-refractivity contribution is -0.119. The van der Waals surface area contributed by atoms with Gasteiger partial charge in [0.05, 0.1) is 10.6 Å². The molecule has 108 valence electrons. The molecule has 1 aliphatic carbocycles. The van der Waals surface area contributed by atoms with Gasteiger partial charge in [0.15, 0.2) is 0 Å². The summed E-state index contributed by atoms with van der Waals surface area (Å²) in [7, 11) is 0. The van der Waals surface area contributed by atoms with E-state index in [0.717, 1.165) is 37.0 Å². The van der Waals surface area contributed by atoms with E-state index in [0.29, 0.717) is 5.00 Å². The molecule has 1 fully saturated rings. The zero-order valence-corrected chi connectivity index (χ0v) is 11.6. The van der Waals surface area contributed by atoms with Crippen LogP contribution in [-0.4, -0.2) is 17.8 Å². The quantitative estimate of drug-likeness (QED) is 0.671. The van der Waals surface area contributed by atoms with Gasteiger partial charge in [-0.25, -0.2) is 4.79 Å². The summed E-state index contributed by atoms with van der Waals surface area (Å²) in [5.74, 6) is -0.738. The Balaban J connectivity index is 2.13. The lowest BCUT2D eigenvalue weighted by Crippen LogP contribution is -2.21. The number of nitrogens with one attached hydrogen (secondary N) is 2. The van der Waals surface area contributed by atoms with E-state index in [1.54, 1.807) is 0 Å². The van der Waals surface area contributed by atoms with Crippen LogP contribution in [0.4, 0.5) is 14.8 Å². The summed E-state index contributed by atoms with van der Waals surface area (Å²) in [5, 5.41) is 5.79. The van der Waals surface area contributed by atoms with Gasteiger partial charge in [-0.1, -0.05) is 24.2 Å². The molecule has 1 aliphatic rings. The fraction of sp³-hybridized carbons (Fsp3) is 0.417. The van der Waals surface area contributed by atoms with Gasteiger partial charge in [0.2, 0.25) is 5.91 Å². The minimum Gasteiger partial charge on any atom is -0.366 e. The van der Waals surface area contributed by atoms with E-state index < -0.39 is 11.9 Å². The number of anilines is 2. The molecule has 6 N–H and O–H groups in total. The summed E-state index contributed by atoms with van der Waals surface area (Å²) in [6.07, 6.45) is 3.88. The van der Waals surface area contributed by atoms with Crippen molar-refractivity contribution in [3.05, 3.63) is 11.6 Å². The minimum atomic E-state index is -0.789. The third-order valence-electron chi connectivity index (χ3n) is 3.21. The van der Waals surface area contributed by atoms with Crippen molar-refractivity contribution >= 4 is 39.2 Å². The number of urea groups is 1. The van der Waals surface area contributed by atoms with Gasteiger partial charge in [0, 0.05) is 5.92 Å². The van der Waals surface area contributed by atoms with Gasteiger partial charge in [0.1, 0.15) is 5.00 Å². The number of rotatable bonds is 4. The Hall–Kier alpha value is -2.09. The normalized spacial score (nSPS) is 15.0. The average molecular weight is 296 g/mol. The van der Waals surface area contributed by atoms with E-state index in [4.69, 9.17) is 11.5 Å². The topological polar surface area (TPSA) is 127 Å². The largest absolute Gasteiger partial charge is 0.366 e. The van der Waals surface area contributed by atoms with Crippen molar-refractivity contribution < 1.29 is 14.4 Å². The third kappa shape index (κ3) is 3.27. The number of hydrogen-bond acceptors (Lipinski definition) is 4. The molecule has 0 aliphatic heterocycles. The number of nitrogens with two attached hydrogens (primary N) is 2. The number of carbonyl (C=O) groups excluding carboxylic acids is 3. The molecule has 8 heteroatoms. The molecule has 0 aromatic carbocycles. The highest BCUT2D eigenvalue weighted by Gasteiger charge is 2.24. The maximum Gasteiger partial charge on any atom is 0.317 e. The first-order chi connectivity index (χ1) is 9.47. The first-order valence-electron chi connectivity index (χ1n) is 6.28. The van der Waals surface area contributed by atoms with Crippen LogP contribution in [0.5, 0.6) is 0 Å². The number of amides is 4. The van der Waals surface area contributed by atoms with Crippen LogP contribution in [0, 0.1) is 5.92 Å². The van der Waals surface area contributed by atoms with Crippen LogP contribution >= 0.6 is 11.3 Å². The summed E-state index contributed by atoms with van der Waals surface area (Å²) in [4.78, 5) is 34.1. The van der Waals surface area contributed by atoms with Gasteiger partial charge in [-0.05, 0) is 18.9 Å². The molecule has 2 rings (SSSR count). The Morgan fingerprint density at radius 1 is 1.15 bits per heavy atom. The van der Waals surface area contributed by atoms with Gasteiger partial charge < -0.3 is 16.8 Å². The summed E-state index contributed by atoms with van der Waals surface area (Å²) >= 11 is 1.06. The Labute approximate surface area is 119 Å². The van der Waals surface area contributed by atoms with Gasteiger partial charge in [-0.3, -0.25) is 14.9 Å². The number of primary amides is 2. The van der Waals surface area contributed by atoms with Crippen molar-refractivity contribution in [1.29, 1.82) is 0 Å². The summed E-state index contributed by atoms with van der Waals surface area (Å²) in [6, 6.07) is 0.661. The highest BCUT2D eigenvalue weighted by molar-refractivity contribution is 7.20. The molecule has 1 aromatic heterocycles. The predicted octanol–water partition coefficient (Wildman–Crippen LogP) is 1.47. The zero-order chi connectivity index (χ0) is 14.7. The van der Waals surface area contributed by atoms with Crippen LogP contribution in [-0.2, 0) is 4.79 Å². The zero-order valence-electron chi connectivity index (χ0n) is 10.8. The maximum atomic E-state index is 12.0. The molecule has 7 nitrogen and oxygen atoms in total. The van der Waals surface area contributed by atoms with E-state index in [9.17, 15) is 14.4 Å². The van der Waals surface area contributed by atoms with Crippen LogP contribution < -0.4 is 22.1 Å². The smallest absolute Gasteiger partial charge is 0.317 e. The Morgan fingerprint density at radius 3 is 2.35 bits per heavy atom. The molecule has 0 atom stereocenters. The van der Waals surface area contributed by atoms with Crippen LogP contribution in [0.3, 0.4) is 0 Å². The summed E-state index contributed by atoms with van der Waals surface area (Å²) in [5.41, 5.74) is 10.4. The Morgan fingerprint density at radius 2 is 1.80 bits per heavy atom. The molecule has 1 saturated carbocycles. The van der Waals surface area contributed by atoms with Gasteiger partial charge in [-0.2, -0.15) is 0 Å². The van der Waals surface area contributed by atoms with E-state index in [2.05, 4.69) is 10.6 Å². The van der Waals surface area contributed by atoms with E-state index >= 15 is 0 Å². The third-order valence-corrected chi connectivity index (χ3v) is 4.17. The van der Waals surface area contributed by atoms with Crippen LogP contribution in [0.2, 0.25) is 0 Å². The summed E-state index contributed by atoms with van der Waals surface area (Å²) < 4.78 is 0. The second-order valence-electron chi connectivity index (χ2n) is 4.68. The molecule has 0 bridgehead atoms. The van der Waals surface area contributed by atoms with Crippen molar-refractivity contribution in [2.45, 2.75) is 25.7 Å². The first-order valence-corrected chi connectivity index (χ1v) is 7.10. The van der Waals surface area contributed by atoms with Gasteiger partial charge in [-0.15, -0.1) is 0 Å². The molecule has 20 heavy (non-hydrogen) atoms. The monoisotopic (exact) mass is 296 g/mol. The van der Waals surface area contributed by atoms with Crippen molar-refractivity contribution in [1.82, 2.24) is 0 Å². The fourth-order valence-corrected chi connectivity index (χ4v) is 3.22. The molecule has 4 amide bonds. The van der Waals surface area contributed by atoms with Gasteiger partial charge >= 0.3 is 6.03 Å². The van der Waals surface area contributed by atoms with E-state index in [-0.39, 0.29) is 22.4 Å². The molecule has 0 spiro atoms. The number of thiophene rings is 1. The van der Waals surface area contributed by atoms with Crippen molar-refractivity contribution in [3.8, 4) is 0 Å². The lowest BCUT2D eigenvalue weighted by Gasteiger charge is -2.07. The number of carbonyl (C=O) groups is 3. The van der Waals surface area contributed by atoms with Crippen molar-refractivity contribution in [2.24, 2.45) is 17.4 Å². The maximum absolute atomic E-state index is 12.0. The Kier molecular flexibility index (Phi) is 4.23. The van der Waals surface area contributed by atoms with Crippen molar-refractivity contribution in [2.75, 3.05) is 10.6 Å². The summed E-state index contributed by atoms with van der Waals surface area (Å²) in [6.45, 7) is 0.